The van der Waals surface area contributed by atoms with Gasteiger partial charge in [0.2, 0.25) is 5.95 Å². The molecule has 0 amide bonds. The number of ether oxygens (including phenoxy) is 1. The van der Waals surface area contributed by atoms with Crippen molar-refractivity contribution in [2.75, 3.05) is 18.2 Å². The van der Waals surface area contributed by atoms with Crippen molar-refractivity contribution in [3.63, 3.8) is 0 Å². The summed E-state index contributed by atoms with van der Waals surface area (Å²) in [7, 11) is 3.50. The molecule has 3 aromatic rings. The monoisotopic (exact) mass is 310 g/mol. The number of nitrogens with one attached hydrogen (secondary N) is 1. The number of fused-ring (bicyclic) bond motifs is 1. The van der Waals surface area contributed by atoms with Crippen molar-refractivity contribution in [1.82, 2.24) is 19.7 Å². The Morgan fingerprint density at radius 3 is 2.87 bits per heavy atom. The van der Waals surface area contributed by atoms with Crippen LogP contribution in [0, 0.1) is 0 Å². The van der Waals surface area contributed by atoms with E-state index < -0.39 is 0 Å². The number of benzene rings is 1. The van der Waals surface area contributed by atoms with Gasteiger partial charge in [-0.05, 0) is 25.1 Å². The van der Waals surface area contributed by atoms with E-state index in [1.807, 2.05) is 44.4 Å². The molecule has 0 spiro atoms. The number of aromatic nitrogens is 4. The minimum absolute atomic E-state index is 0.211. The predicted octanol–water partition coefficient (Wildman–Crippen LogP) is 2.43. The van der Waals surface area contributed by atoms with E-state index in [2.05, 4.69) is 20.4 Å². The van der Waals surface area contributed by atoms with Crippen LogP contribution in [-0.4, -0.2) is 26.9 Å². The molecule has 0 atom stereocenters. The maximum Gasteiger partial charge on any atom is 0.222 e. The van der Waals surface area contributed by atoms with E-state index in [0.29, 0.717) is 11.6 Å². The summed E-state index contributed by atoms with van der Waals surface area (Å²) in [6.07, 6.45) is 5.70. The number of nitrogens with zero attached hydrogens (tertiary/aromatic N) is 4. The zero-order chi connectivity index (χ0) is 16.4. The first-order valence-corrected chi connectivity index (χ1v) is 7.11. The first-order chi connectivity index (χ1) is 11.1. The summed E-state index contributed by atoms with van der Waals surface area (Å²) >= 11 is 0. The number of methoxy groups -OCH3 is 1. The van der Waals surface area contributed by atoms with Gasteiger partial charge in [-0.25, -0.2) is 4.98 Å². The Bertz CT molecular complexity index is 883. The van der Waals surface area contributed by atoms with Crippen LogP contribution < -0.4 is 15.8 Å². The maximum absolute atomic E-state index is 5.81. The Balaban J connectivity index is 2.03. The van der Waals surface area contributed by atoms with Crippen LogP contribution in [0.2, 0.25) is 0 Å². The number of nitrogens with two attached hydrogens (primary N) is 1. The van der Waals surface area contributed by atoms with Crippen molar-refractivity contribution >= 4 is 28.7 Å². The average molecular weight is 310 g/mol. The van der Waals surface area contributed by atoms with Crippen molar-refractivity contribution in [3.8, 4) is 5.75 Å². The van der Waals surface area contributed by atoms with Gasteiger partial charge in [-0.1, -0.05) is 6.07 Å². The standard InChI is InChI=1S/C16H18N6O/c1-10(7-11-8-18-22(2)9-11)19-15-14-12(20-16(17)21-15)5-4-6-13(14)23-3/h4-9H,1-3H3,(H3,17,19,20,21). The molecule has 23 heavy (non-hydrogen) atoms. The molecule has 0 unspecified atom stereocenters. The predicted molar refractivity (Wildman–Crippen MR) is 91.0 cm³/mol. The molecule has 0 saturated heterocycles. The minimum Gasteiger partial charge on any atom is -0.496 e. The van der Waals surface area contributed by atoms with Crippen molar-refractivity contribution in [2.24, 2.45) is 7.05 Å². The average Bonchev–Trinajstić information content (AvgIpc) is 2.91. The van der Waals surface area contributed by atoms with Crippen molar-refractivity contribution < 1.29 is 4.74 Å². The quantitative estimate of drug-likeness (QED) is 0.769. The zero-order valence-corrected chi connectivity index (χ0v) is 13.2. The molecule has 0 radical (unpaired) electrons. The third-order valence-electron chi connectivity index (χ3n) is 3.35. The first kappa shape index (κ1) is 14.8. The van der Waals surface area contributed by atoms with E-state index in [0.717, 1.165) is 22.2 Å². The van der Waals surface area contributed by atoms with Gasteiger partial charge < -0.3 is 15.8 Å². The van der Waals surface area contributed by atoms with Crippen LogP contribution in [0.1, 0.15) is 12.5 Å². The molecule has 0 saturated carbocycles. The second-order valence-electron chi connectivity index (χ2n) is 5.18. The van der Waals surface area contributed by atoms with Gasteiger partial charge in [0.05, 0.1) is 24.2 Å². The molecule has 7 nitrogen and oxygen atoms in total. The van der Waals surface area contributed by atoms with Gasteiger partial charge in [0, 0.05) is 24.5 Å². The van der Waals surface area contributed by atoms with Gasteiger partial charge >= 0.3 is 0 Å². The van der Waals surface area contributed by atoms with Gasteiger partial charge in [-0.3, -0.25) is 4.68 Å². The van der Waals surface area contributed by atoms with E-state index in [1.54, 1.807) is 18.0 Å². The molecule has 0 aliphatic rings. The molecule has 0 fully saturated rings. The SMILES string of the molecule is COc1cccc2nc(N)nc(NC(C)=Cc3cnn(C)c3)c12. The zero-order valence-electron chi connectivity index (χ0n) is 13.2. The summed E-state index contributed by atoms with van der Waals surface area (Å²) in [5, 5.41) is 8.21. The second-order valence-corrected chi connectivity index (χ2v) is 5.18. The first-order valence-electron chi connectivity index (χ1n) is 7.11. The lowest BCUT2D eigenvalue weighted by Gasteiger charge is -2.12. The summed E-state index contributed by atoms with van der Waals surface area (Å²) < 4.78 is 7.17. The lowest BCUT2D eigenvalue weighted by Crippen LogP contribution is -2.04. The molecule has 0 aliphatic carbocycles. The summed E-state index contributed by atoms with van der Waals surface area (Å²) in [6, 6.07) is 5.62. The minimum atomic E-state index is 0.211. The van der Waals surface area contributed by atoms with Crippen LogP contribution in [0.4, 0.5) is 11.8 Å². The number of aryl methyl sites for hydroxylation is 1. The Morgan fingerprint density at radius 2 is 2.17 bits per heavy atom. The fraction of sp³-hybridized carbons (Fsp3) is 0.188. The number of nitrogen functional groups attached to an aromatic ring is 1. The van der Waals surface area contributed by atoms with E-state index in [4.69, 9.17) is 10.5 Å². The molecular formula is C16H18N6O. The summed E-state index contributed by atoms with van der Waals surface area (Å²) in [5.74, 6) is 1.52. The van der Waals surface area contributed by atoms with E-state index in [1.165, 1.54) is 0 Å². The van der Waals surface area contributed by atoms with Crippen molar-refractivity contribution in [1.29, 1.82) is 0 Å². The largest absolute Gasteiger partial charge is 0.496 e. The molecule has 2 aromatic heterocycles. The number of hydrogen-bond acceptors (Lipinski definition) is 6. The Kier molecular flexibility index (Phi) is 3.84. The summed E-state index contributed by atoms with van der Waals surface area (Å²) in [6.45, 7) is 1.95. The number of allylic oxidation sites excluding steroid dienone is 1. The smallest absolute Gasteiger partial charge is 0.222 e. The third-order valence-corrected chi connectivity index (χ3v) is 3.35. The summed E-state index contributed by atoms with van der Waals surface area (Å²) in [5.41, 5.74) is 8.44. The molecular weight excluding hydrogens is 292 g/mol. The molecule has 0 aliphatic heterocycles. The highest BCUT2D eigenvalue weighted by Crippen LogP contribution is 2.31. The fourth-order valence-corrected chi connectivity index (χ4v) is 2.42. The Hall–Kier alpha value is -3.09. The highest BCUT2D eigenvalue weighted by molar-refractivity contribution is 5.96. The maximum atomic E-state index is 5.81. The van der Waals surface area contributed by atoms with Crippen LogP contribution in [0.5, 0.6) is 5.75 Å². The van der Waals surface area contributed by atoms with Gasteiger partial charge in [-0.2, -0.15) is 10.1 Å². The van der Waals surface area contributed by atoms with Crippen LogP contribution in [0.15, 0.2) is 36.3 Å². The molecule has 118 valence electrons. The number of anilines is 2. The van der Waals surface area contributed by atoms with Gasteiger partial charge in [-0.15, -0.1) is 0 Å². The van der Waals surface area contributed by atoms with Crippen molar-refractivity contribution in [3.05, 3.63) is 41.9 Å². The van der Waals surface area contributed by atoms with Crippen LogP contribution in [0.25, 0.3) is 17.0 Å². The Morgan fingerprint density at radius 1 is 1.35 bits per heavy atom. The van der Waals surface area contributed by atoms with Crippen LogP contribution in [-0.2, 0) is 7.05 Å². The normalized spacial score (nSPS) is 11.7. The molecule has 1 aromatic carbocycles. The molecule has 3 N–H and O–H groups in total. The lowest BCUT2D eigenvalue weighted by molar-refractivity contribution is 0.420. The highest BCUT2D eigenvalue weighted by Gasteiger charge is 2.11. The van der Waals surface area contributed by atoms with E-state index >= 15 is 0 Å². The molecule has 3 rings (SSSR count). The highest BCUT2D eigenvalue weighted by atomic mass is 16.5. The molecule has 7 heteroatoms. The number of rotatable bonds is 4. The topological polar surface area (TPSA) is 90.9 Å². The van der Waals surface area contributed by atoms with Crippen LogP contribution in [0.3, 0.4) is 0 Å². The van der Waals surface area contributed by atoms with Crippen molar-refractivity contribution in [2.45, 2.75) is 6.92 Å². The van der Waals surface area contributed by atoms with E-state index in [-0.39, 0.29) is 5.95 Å². The number of hydrogen-bond donors (Lipinski definition) is 2. The van der Waals surface area contributed by atoms with Gasteiger partial charge in [0.25, 0.3) is 0 Å². The van der Waals surface area contributed by atoms with Gasteiger partial charge in [0.1, 0.15) is 11.6 Å². The third kappa shape index (κ3) is 3.08. The second kappa shape index (κ2) is 5.96. The summed E-state index contributed by atoms with van der Waals surface area (Å²) in [4.78, 5) is 8.56. The van der Waals surface area contributed by atoms with Gasteiger partial charge in [0.15, 0.2) is 0 Å². The molecule has 2 heterocycles. The molecule has 0 bridgehead atoms. The van der Waals surface area contributed by atoms with E-state index in [9.17, 15) is 0 Å². The lowest BCUT2D eigenvalue weighted by atomic mass is 10.2. The fourth-order valence-electron chi connectivity index (χ4n) is 2.42. The van der Waals surface area contributed by atoms with Crippen LogP contribution >= 0.6 is 0 Å². The Labute approximate surface area is 133 Å².